The van der Waals surface area contributed by atoms with E-state index in [2.05, 4.69) is 52.1 Å². The van der Waals surface area contributed by atoms with Gasteiger partial charge in [0.05, 0.1) is 13.2 Å². The zero-order valence-corrected chi connectivity index (χ0v) is 21.8. The zero-order chi connectivity index (χ0) is 25.5. The summed E-state index contributed by atoms with van der Waals surface area (Å²) in [5, 5.41) is 3.13. The van der Waals surface area contributed by atoms with Gasteiger partial charge < -0.3 is 15.0 Å². The Morgan fingerprint density at radius 1 is 1.20 bits per heavy atom. The first-order valence-electron chi connectivity index (χ1n) is 12.6. The molecule has 0 unspecified atom stereocenters. The lowest BCUT2D eigenvalue weighted by Gasteiger charge is -2.26. The minimum absolute atomic E-state index is 0.703. The molecule has 1 aromatic heterocycles. The van der Waals surface area contributed by atoms with Gasteiger partial charge in [0.15, 0.2) is 6.29 Å². The smallest absolute Gasteiger partial charge is 0.151 e. The maximum atomic E-state index is 11.5. The van der Waals surface area contributed by atoms with Crippen LogP contribution in [0.1, 0.15) is 53.6 Å². The van der Waals surface area contributed by atoms with E-state index >= 15 is 0 Å². The lowest BCUT2D eigenvalue weighted by atomic mass is 10.1. The molecule has 0 aliphatic carbocycles. The van der Waals surface area contributed by atoms with Crippen molar-refractivity contribution in [3.63, 3.8) is 0 Å². The summed E-state index contributed by atoms with van der Waals surface area (Å²) in [4.78, 5) is 17.3. The fraction of sp³-hybridized carbons (Fsp3) is 0.367. The minimum atomic E-state index is 0.703. The van der Waals surface area contributed by atoms with E-state index in [0.717, 1.165) is 80.2 Å². The molecule has 1 fully saturated rings. The fourth-order valence-electron chi connectivity index (χ4n) is 3.89. The van der Waals surface area contributed by atoms with E-state index in [4.69, 9.17) is 4.74 Å². The number of carbonyl (C=O) groups is 1. The molecule has 5 nitrogen and oxygen atoms in total. The molecule has 0 amide bonds. The number of H-pyrrole nitrogens is 1. The Labute approximate surface area is 211 Å². The number of likely N-dealkylation sites (N-methyl/N-ethyl adjacent to an activating group) is 1. The Morgan fingerprint density at radius 3 is 2.66 bits per heavy atom. The quantitative estimate of drug-likeness (QED) is 0.324. The number of hydrogen-bond donors (Lipinski definition) is 2. The molecule has 1 aliphatic heterocycles. The number of aromatic amines is 1. The molecule has 2 N–H and O–H groups in total. The van der Waals surface area contributed by atoms with Crippen LogP contribution in [0.15, 0.2) is 66.8 Å². The van der Waals surface area contributed by atoms with Crippen LogP contribution in [0.4, 0.5) is 0 Å². The molecule has 2 heterocycles. The number of morpholine rings is 1. The third kappa shape index (κ3) is 9.29. The molecule has 0 radical (unpaired) electrons. The fourth-order valence-corrected chi connectivity index (χ4v) is 3.89. The van der Waals surface area contributed by atoms with Gasteiger partial charge in [0.2, 0.25) is 0 Å². The number of hydrogen-bond acceptors (Lipinski definition) is 4. The third-order valence-electron chi connectivity index (χ3n) is 5.63. The first-order chi connectivity index (χ1) is 17.1. The summed E-state index contributed by atoms with van der Waals surface area (Å²) < 4.78 is 5.44. The average Bonchev–Trinajstić information content (AvgIpc) is 3.31. The SMILES string of the molecule is C=C(/C=C/c1cccc(CN2CCOCC2)c1)/C=C(\C=C/C)c1cc(C=O)c(CCNC)[nH]1.CC. The van der Waals surface area contributed by atoms with Crippen molar-refractivity contribution in [3.05, 3.63) is 94.9 Å². The molecule has 0 atom stereocenters. The number of nitrogens with zero attached hydrogens (tertiary/aromatic N) is 1. The number of ether oxygens (including phenoxy) is 1. The van der Waals surface area contributed by atoms with Gasteiger partial charge in [-0.2, -0.15) is 0 Å². The van der Waals surface area contributed by atoms with Crippen LogP contribution in [0.5, 0.6) is 0 Å². The predicted molar refractivity (Wildman–Crippen MR) is 149 cm³/mol. The Morgan fingerprint density at radius 2 is 1.97 bits per heavy atom. The van der Waals surface area contributed by atoms with E-state index in [0.29, 0.717) is 5.56 Å². The monoisotopic (exact) mass is 475 g/mol. The molecular formula is C30H41N3O2. The zero-order valence-electron chi connectivity index (χ0n) is 21.8. The largest absolute Gasteiger partial charge is 0.379 e. The highest BCUT2D eigenvalue weighted by molar-refractivity contribution is 5.83. The highest BCUT2D eigenvalue weighted by Crippen LogP contribution is 2.21. The molecule has 188 valence electrons. The topological polar surface area (TPSA) is 57.4 Å². The van der Waals surface area contributed by atoms with Crippen LogP contribution in [0.3, 0.4) is 0 Å². The van der Waals surface area contributed by atoms with Gasteiger partial charge in [0.25, 0.3) is 0 Å². The van der Waals surface area contributed by atoms with Crippen LogP contribution in [0.2, 0.25) is 0 Å². The summed E-state index contributed by atoms with van der Waals surface area (Å²) in [7, 11) is 1.91. The maximum absolute atomic E-state index is 11.5. The second-order valence-electron chi connectivity index (χ2n) is 8.23. The molecule has 1 aromatic carbocycles. The van der Waals surface area contributed by atoms with E-state index < -0.39 is 0 Å². The van der Waals surface area contributed by atoms with E-state index in [1.165, 1.54) is 5.56 Å². The standard InChI is InChI=1S/C28H35N3O2.C2H6/c1-4-6-25(28-19-26(21-32)27(30-28)11-12-29-3)17-22(2)9-10-23-7-5-8-24(18-23)20-31-13-15-33-16-14-31;1-2/h4-10,17-19,21,29-30H,2,11-16,20H2,1,3H3;1-2H3/b6-4-,10-9+,25-17+;. The van der Waals surface area contributed by atoms with Gasteiger partial charge in [-0.25, -0.2) is 0 Å². The second-order valence-corrected chi connectivity index (χ2v) is 8.23. The van der Waals surface area contributed by atoms with Crippen LogP contribution in [-0.2, 0) is 17.7 Å². The summed E-state index contributed by atoms with van der Waals surface area (Å²) in [5.74, 6) is 0. The Kier molecular flexibility index (Phi) is 12.8. The van der Waals surface area contributed by atoms with E-state index in [1.807, 2.05) is 58.2 Å². The molecule has 1 saturated heterocycles. The van der Waals surface area contributed by atoms with Crippen molar-refractivity contribution in [1.29, 1.82) is 0 Å². The maximum Gasteiger partial charge on any atom is 0.151 e. The Bertz CT molecular complexity index is 1020. The highest BCUT2D eigenvalue weighted by Gasteiger charge is 2.11. The molecule has 3 rings (SSSR count). The lowest BCUT2D eigenvalue weighted by molar-refractivity contribution is 0.0342. The molecule has 1 aliphatic rings. The van der Waals surface area contributed by atoms with Crippen LogP contribution in [-0.4, -0.2) is 56.1 Å². The lowest BCUT2D eigenvalue weighted by Crippen LogP contribution is -2.35. The van der Waals surface area contributed by atoms with E-state index in [9.17, 15) is 4.79 Å². The van der Waals surface area contributed by atoms with Crippen LogP contribution in [0.25, 0.3) is 11.6 Å². The summed E-state index contributed by atoms with van der Waals surface area (Å²) in [6, 6.07) is 10.5. The number of carbonyl (C=O) groups excluding carboxylic acids is 1. The van der Waals surface area contributed by atoms with Gasteiger partial charge in [0.1, 0.15) is 0 Å². The van der Waals surface area contributed by atoms with Crippen molar-refractivity contribution >= 4 is 17.9 Å². The van der Waals surface area contributed by atoms with Crippen molar-refractivity contribution in [2.45, 2.75) is 33.7 Å². The minimum Gasteiger partial charge on any atom is -0.379 e. The first-order valence-corrected chi connectivity index (χ1v) is 12.6. The summed E-state index contributed by atoms with van der Waals surface area (Å²) in [6.07, 6.45) is 11.9. The summed E-state index contributed by atoms with van der Waals surface area (Å²) in [6.45, 7) is 15.5. The van der Waals surface area contributed by atoms with Crippen LogP contribution < -0.4 is 5.32 Å². The summed E-state index contributed by atoms with van der Waals surface area (Å²) in [5.41, 5.74) is 6.91. The third-order valence-corrected chi connectivity index (χ3v) is 5.63. The van der Waals surface area contributed by atoms with Gasteiger partial charge in [-0.05, 0) is 48.4 Å². The number of benzene rings is 1. The van der Waals surface area contributed by atoms with Gasteiger partial charge in [0, 0.05) is 49.6 Å². The molecular weight excluding hydrogens is 434 g/mol. The highest BCUT2D eigenvalue weighted by atomic mass is 16.5. The molecule has 0 spiro atoms. The van der Waals surface area contributed by atoms with Gasteiger partial charge >= 0.3 is 0 Å². The van der Waals surface area contributed by atoms with E-state index in [1.54, 1.807) is 0 Å². The van der Waals surface area contributed by atoms with Gasteiger partial charge in [-0.15, -0.1) is 0 Å². The molecule has 35 heavy (non-hydrogen) atoms. The number of aromatic nitrogens is 1. The van der Waals surface area contributed by atoms with Crippen molar-refractivity contribution in [1.82, 2.24) is 15.2 Å². The van der Waals surface area contributed by atoms with Crippen molar-refractivity contribution < 1.29 is 9.53 Å². The summed E-state index contributed by atoms with van der Waals surface area (Å²) >= 11 is 0. The Balaban J connectivity index is 0.00000210. The average molecular weight is 476 g/mol. The van der Waals surface area contributed by atoms with Gasteiger partial charge in [-0.1, -0.05) is 69.0 Å². The van der Waals surface area contributed by atoms with Gasteiger partial charge in [-0.3, -0.25) is 9.69 Å². The van der Waals surface area contributed by atoms with Crippen molar-refractivity contribution in [3.8, 4) is 0 Å². The van der Waals surface area contributed by atoms with Crippen LogP contribution in [0, 0.1) is 0 Å². The predicted octanol–water partition coefficient (Wildman–Crippen LogP) is 5.68. The number of nitrogens with one attached hydrogen (secondary N) is 2. The van der Waals surface area contributed by atoms with Crippen LogP contribution >= 0.6 is 0 Å². The molecule has 2 aromatic rings. The van der Waals surface area contributed by atoms with E-state index in [-0.39, 0.29) is 0 Å². The number of allylic oxidation sites excluding steroid dienone is 6. The van der Waals surface area contributed by atoms with Crippen molar-refractivity contribution in [2.24, 2.45) is 0 Å². The molecule has 0 bridgehead atoms. The first kappa shape index (κ1) is 28.2. The second kappa shape index (κ2) is 15.8. The number of rotatable bonds is 11. The molecule has 5 heteroatoms. The van der Waals surface area contributed by atoms with Crippen molar-refractivity contribution in [2.75, 3.05) is 39.9 Å². The molecule has 0 saturated carbocycles. The Hall–Kier alpha value is -2.99. The normalized spacial score (nSPS) is 14.8. The number of aldehydes is 1.